The maximum absolute atomic E-state index is 12.9. The van der Waals surface area contributed by atoms with Crippen molar-refractivity contribution in [3.05, 3.63) is 59.2 Å². The summed E-state index contributed by atoms with van der Waals surface area (Å²) in [5, 5.41) is 32.1. The number of carbonyl (C=O) groups is 1. The van der Waals surface area contributed by atoms with E-state index in [4.69, 9.17) is 18.9 Å². The van der Waals surface area contributed by atoms with Crippen molar-refractivity contribution in [2.45, 2.75) is 69.3 Å². The maximum atomic E-state index is 12.9. The van der Waals surface area contributed by atoms with Crippen LogP contribution in [0, 0.1) is 0 Å². The monoisotopic (exact) mass is 442 g/mol. The molecule has 2 aliphatic heterocycles. The Bertz CT molecular complexity index is 1040. The number of fused-ring (bicyclic) bond motifs is 2. The van der Waals surface area contributed by atoms with Gasteiger partial charge in [-0.05, 0) is 31.5 Å². The molecule has 0 bridgehead atoms. The van der Waals surface area contributed by atoms with Crippen molar-refractivity contribution in [3.63, 3.8) is 0 Å². The zero-order valence-corrected chi connectivity index (χ0v) is 17.9. The first-order valence-corrected chi connectivity index (χ1v) is 10.6. The Labute approximate surface area is 185 Å². The molecule has 2 heterocycles. The van der Waals surface area contributed by atoms with Crippen molar-refractivity contribution >= 4 is 5.78 Å². The van der Waals surface area contributed by atoms with Crippen molar-refractivity contribution < 1.29 is 39.1 Å². The number of Topliss-reactive ketones (excluding diaryl/α,β-unsaturated/α-hetero) is 1. The summed E-state index contributed by atoms with van der Waals surface area (Å²) in [6, 6.07) is 12.1. The van der Waals surface area contributed by atoms with E-state index in [1.54, 1.807) is 13.8 Å². The molecule has 5 atom stereocenters. The average Bonchev–Trinajstić information content (AvgIpc) is 3.22. The number of hydrogen-bond donors (Lipinski definition) is 3. The molecule has 2 aromatic carbocycles. The summed E-state index contributed by atoms with van der Waals surface area (Å²) in [7, 11) is 0. The molecule has 3 aliphatic rings. The standard InChI is InChI=1S/C24H26O8/c1-23(2)31-20-19(29-12-13-6-4-3-5-7-13)21(30-22(20)32-23)24(28)10-14-15(25)8-9-16(26)18(14)17(27)11-24/h3-9,19-22,25-26,28H,10-12H2,1-2H3/t19-,20-,21?,22-,24?/m1/s1. The minimum absolute atomic E-state index is 0.0308. The number of phenolic OH excluding ortho intramolecular Hbond substituents is 2. The Kier molecular flexibility index (Phi) is 5.03. The highest BCUT2D eigenvalue weighted by molar-refractivity contribution is 6.02. The van der Waals surface area contributed by atoms with Crippen LogP contribution in [0.25, 0.3) is 0 Å². The Balaban J connectivity index is 1.46. The van der Waals surface area contributed by atoms with E-state index in [1.807, 2.05) is 30.3 Å². The Morgan fingerprint density at radius 2 is 1.75 bits per heavy atom. The molecule has 0 radical (unpaired) electrons. The highest BCUT2D eigenvalue weighted by Crippen LogP contribution is 2.47. The first kappa shape index (κ1) is 21.4. The van der Waals surface area contributed by atoms with Crippen molar-refractivity contribution in [2.24, 2.45) is 0 Å². The molecule has 2 unspecified atom stereocenters. The van der Waals surface area contributed by atoms with Crippen LogP contribution in [0.3, 0.4) is 0 Å². The molecule has 170 valence electrons. The van der Waals surface area contributed by atoms with E-state index in [2.05, 4.69) is 0 Å². The third-order valence-electron chi connectivity index (χ3n) is 6.30. The van der Waals surface area contributed by atoms with E-state index < -0.39 is 41.8 Å². The fourth-order valence-electron chi connectivity index (χ4n) is 4.91. The number of hydrogen-bond acceptors (Lipinski definition) is 8. The van der Waals surface area contributed by atoms with E-state index in [1.165, 1.54) is 12.1 Å². The van der Waals surface area contributed by atoms with Gasteiger partial charge in [0.05, 0.1) is 12.2 Å². The quantitative estimate of drug-likeness (QED) is 0.619. The predicted octanol–water partition coefficient (Wildman–Crippen LogP) is 2.42. The molecule has 2 saturated heterocycles. The highest BCUT2D eigenvalue weighted by Gasteiger charge is 2.62. The zero-order valence-electron chi connectivity index (χ0n) is 17.9. The van der Waals surface area contributed by atoms with E-state index in [9.17, 15) is 20.1 Å². The van der Waals surface area contributed by atoms with Gasteiger partial charge in [-0.15, -0.1) is 0 Å². The van der Waals surface area contributed by atoms with Gasteiger partial charge in [-0.2, -0.15) is 0 Å². The molecule has 2 aromatic rings. The molecule has 0 spiro atoms. The van der Waals surface area contributed by atoms with Crippen LogP contribution in [-0.2, 0) is 32.0 Å². The normalized spacial score (nSPS) is 33.2. The number of phenols is 2. The van der Waals surface area contributed by atoms with Gasteiger partial charge < -0.3 is 34.3 Å². The number of aromatic hydroxyl groups is 2. The molecule has 3 N–H and O–H groups in total. The van der Waals surface area contributed by atoms with Gasteiger partial charge in [0.15, 0.2) is 17.9 Å². The number of ketones is 1. The molecule has 1 aliphatic carbocycles. The van der Waals surface area contributed by atoms with Crippen LogP contribution in [0.1, 0.15) is 41.8 Å². The van der Waals surface area contributed by atoms with Crippen LogP contribution in [-0.4, -0.2) is 57.1 Å². The summed E-state index contributed by atoms with van der Waals surface area (Å²) in [5.74, 6) is -1.75. The largest absolute Gasteiger partial charge is 0.508 e. The van der Waals surface area contributed by atoms with Gasteiger partial charge in [0.2, 0.25) is 0 Å². The average molecular weight is 442 g/mol. The molecule has 8 heteroatoms. The van der Waals surface area contributed by atoms with E-state index >= 15 is 0 Å². The lowest BCUT2D eigenvalue weighted by molar-refractivity contribution is -0.244. The summed E-state index contributed by atoms with van der Waals surface area (Å²) < 4.78 is 24.1. The van der Waals surface area contributed by atoms with Gasteiger partial charge in [0, 0.05) is 18.4 Å². The molecule has 8 nitrogen and oxygen atoms in total. The SMILES string of the molecule is CC1(C)O[C@H]2OC(C3(O)CC(=O)c4c(O)ccc(O)c4C3)[C@H](OCc3ccccc3)[C@H]2O1. The van der Waals surface area contributed by atoms with Crippen molar-refractivity contribution in [1.82, 2.24) is 0 Å². The molecule has 2 fully saturated rings. The second kappa shape index (κ2) is 7.54. The van der Waals surface area contributed by atoms with Gasteiger partial charge in [-0.3, -0.25) is 4.79 Å². The Morgan fingerprint density at radius 3 is 2.50 bits per heavy atom. The van der Waals surface area contributed by atoms with Crippen molar-refractivity contribution in [2.75, 3.05) is 0 Å². The molecule has 5 rings (SSSR count). The van der Waals surface area contributed by atoms with Crippen LogP contribution < -0.4 is 0 Å². The van der Waals surface area contributed by atoms with E-state index in [-0.39, 0.29) is 42.1 Å². The number of benzene rings is 2. The Hall–Kier alpha value is -2.49. The van der Waals surface area contributed by atoms with Gasteiger partial charge in [-0.1, -0.05) is 30.3 Å². The highest BCUT2D eigenvalue weighted by atomic mass is 16.8. The van der Waals surface area contributed by atoms with Crippen LogP contribution in [0.5, 0.6) is 11.5 Å². The summed E-state index contributed by atoms with van der Waals surface area (Å²) in [5.41, 5.74) is -0.526. The third-order valence-corrected chi connectivity index (χ3v) is 6.30. The maximum Gasteiger partial charge on any atom is 0.190 e. The molecule has 0 saturated carbocycles. The summed E-state index contributed by atoms with van der Waals surface area (Å²) >= 11 is 0. The first-order chi connectivity index (χ1) is 15.2. The Morgan fingerprint density at radius 1 is 1.03 bits per heavy atom. The number of aliphatic hydroxyl groups is 1. The van der Waals surface area contributed by atoms with Crippen molar-refractivity contribution in [3.8, 4) is 11.5 Å². The number of carbonyl (C=O) groups excluding carboxylic acids is 1. The summed E-state index contributed by atoms with van der Waals surface area (Å²) in [4.78, 5) is 12.9. The van der Waals surface area contributed by atoms with E-state index in [0.29, 0.717) is 0 Å². The predicted molar refractivity (Wildman–Crippen MR) is 111 cm³/mol. The summed E-state index contributed by atoms with van der Waals surface area (Å²) in [6.07, 6.45) is -3.43. The topological polar surface area (TPSA) is 115 Å². The molecular formula is C24H26O8. The minimum atomic E-state index is -1.68. The lowest BCUT2D eigenvalue weighted by Crippen LogP contribution is -2.55. The van der Waals surface area contributed by atoms with Crippen LogP contribution >= 0.6 is 0 Å². The fourth-order valence-corrected chi connectivity index (χ4v) is 4.91. The van der Waals surface area contributed by atoms with Crippen molar-refractivity contribution in [1.29, 1.82) is 0 Å². The lowest BCUT2D eigenvalue weighted by atomic mass is 9.74. The van der Waals surface area contributed by atoms with Crippen LogP contribution in [0.4, 0.5) is 0 Å². The summed E-state index contributed by atoms with van der Waals surface area (Å²) in [6.45, 7) is 3.80. The van der Waals surface area contributed by atoms with Crippen LogP contribution in [0.15, 0.2) is 42.5 Å². The fraction of sp³-hybridized carbons (Fsp3) is 0.458. The third kappa shape index (κ3) is 3.58. The molecule has 0 amide bonds. The van der Waals surface area contributed by atoms with Gasteiger partial charge in [-0.25, -0.2) is 0 Å². The molecular weight excluding hydrogens is 416 g/mol. The van der Waals surface area contributed by atoms with E-state index in [0.717, 1.165) is 5.56 Å². The molecule has 32 heavy (non-hydrogen) atoms. The van der Waals surface area contributed by atoms with Gasteiger partial charge in [0.1, 0.15) is 35.4 Å². The number of ether oxygens (including phenoxy) is 4. The second-order valence-corrected chi connectivity index (χ2v) is 9.12. The van der Waals surface area contributed by atoms with Crippen LogP contribution in [0.2, 0.25) is 0 Å². The first-order valence-electron chi connectivity index (χ1n) is 10.6. The smallest absolute Gasteiger partial charge is 0.190 e. The van der Waals surface area contributed by atoms with Gasteiger partial charge in [0.25, 0.3) is 0 Å². The zero-order chi connectivity index (χ0) is 22.7. The second-order valence-electron chi connectivity index (χ2n) is 9.12. The molecule has 0 aromatic heterocycles. The minimum Gasteiger partial charge on any atom is -0.508 e. The number of rotatable bonds is 4. The lowest BCUT2D eigenvalue weighted by Gasteiger charge is -2.40. The van der Waals surface area contributed by atoms with Gasteiger partial charge >= 0.3 is 0 Å².